The summed E-state index contributed by atoms with van der Waals surface area (Å²) in [5.41, 5.74) is 4.16. The molecule has 1 aromatic heterocycles. The SMILES string of the molecule is Cc1ccc2c(=O)n(CC[C@H](C(=O)O)[C@H](O)CCc3ccc(-c4ccc5c(c4)OCCO5)cc3)nnc2c1. The molecule has 38 heavy (non-hydrogen) atoms. The zero-order valence-electron chi connectivity index (χ0n) is 21.0. The van der Waals surface area contributed by atoms with Gasteiger partial charge in [-0.25, -0.2) is 4.68 Å². The average Bonchev–Trinajstić information content (AvgIpc) is 2.93. The van der Waals surface area contributed by atoms with Crippen molar-refractivity contribution in [1.82, 2.24) is 15.0 Å². The first kappa shape index (κ1) is 25.4. The van der Waals surface area contributed by atoms with Crippen LogP contribution >= 0.6 is 0 Å². The molecule has 0 fully saturated rings. The van der Waals surface area contributed by atoms with Gasteiger partial charge in [-0.15, -0.1) is 5.10 Å². The zero-order chi connectivity index (χ0) is 26.6. The van der Waals surface area contributed by atoms with Gasteiger partial charge in [-0.05, 0) is 72.7 Å². The van der Waals surface area contributed by atoms with Crippen molar-refractivity contribution in [2.75, 3.05) is 13.2 Å². The molecule has 9 heteroatoms. The van der Waals surface area contributed by atoms with Crippen molar-refractivity contribution in [1.29, 1.82) is 0 Å². The Balaban J connectivity index is 1.20. The van der Waals surface area contributed by atoms with Crippen molar-refractivity contribution in [2.24, 2.45) is 5.92 Å². The number of benzene rings is 3. The second-order valence-corrected chi connectivity index (χ2v) is 9.53. The van der Waals surface area contributed by atoms with Gasteiger partial charge in [0.2, 0.25) is 0 Å². The number of aliphatic hydroxyl groups is 1. The Morgan fingerprint density at radius 3 is 2.47 bits per heavy atom. The third-order valence-electron chi connectivity index (χ3n) is 6.87. The van der Waals surface area contributed by atoms with Crippen LogP contribution in [0.1, 0.15) is 24.0 Å². The molecule has 0 radical (unpaired) electrons. The number of aliphatic hydroxyl groups excluding tert-OH is 1. The molecule has 0 aliphatic carbocycles. The molecule has 0 bridgehead atoms. The predicted molar refractivity (Wildman–Crippen MR) is 141 cm³/mol. The number of hydrogen-bond donors (Lipinski definition) is 2. The first-order valence-electron chi connectivity index (χ1n) is 12.6. The first-order valence-corrected chi connectivity index (χ1v) is 12.6. The monoisotopic (exact) mass is 515 g/mol. The van der Waals surface area contributed by atoms with Crippen LogP contribution in [0, 0.1) is 12.8 Å². The van der Waals surface area contributed by atoms with Crippen molar-refractivity contribution in [3.63, 3.8) is 0 Å². The number of carboxylic acids is 1. The van der Waals surface area contributed by atoms with E-state index in [1.807, 2.05) is 55.5 Å². The van der Waals surface area contributed by atoms with Gasteiger partial charge in [0.15, 0.2) is 11.5 Å². The fourth-order valence-corrected chi connectivity index (χ4v) is 4.68. The highest BCUT2D eigenvalue weighted by Crippen LogP contribution is 2.34. The Hall–Kier alpha value is -4.24. The largest absolute Gasteiger partial charge is 0.486 e. The molecule has 0 saturated heterocycles. The lowest BCUT2D eigenvalue weighted by atomic mass is 9.93. The highest BCUT2D eigenvalue weighted by Gasteiger charge is 2.26. The van der Waals surface area contributed by atoms with E-state index in [4.69, 9.17) is 9.47 Å². The summed E-state index contributed by atoms with van der Waals surface area (Å²) in [6.07, 6.45) is -0.220. The van der Waals surface area contributed by atoms with Gasteiger partial charge in [-0.2, -0.15) is 0 Å². The van der Waals surface area contributed by atoms with Crippen LogP contribution < -0.4 is 15.0 Å². The molecule has 5 rings (SSSR count). The summed E-state index contributed by atoms with van der Waals surface area (Å²) in [4.78, 5) is 24.7. The van der Waals surface area contributed by atoms with Crippen LogP contribution in [0.5, 0.6) is 11.5 Å². The van der Waals surface area contributed by atoms with Gasteiger partial charge >= 0.3 is 5.97 Å². The van der Waals surface area contributed by atoms with Crippen LogP contribution in [0.2, 0.25) is 0 Å². The van der Waals surface area contributed by atoms with Crippen molar-refractivity contribution in [2.45, 2.75) is 38.8 Å². The smallest absolute Gasteiger partial charge is 0.309 e. The van der Waals surface area contributed by atoms with E-state index in [1.165, 1.54) is 0 Å². The average molecular weight is 516 g/mol. The minimum absolute atomic E-state index is 0.0495. The minimum atomic E-state index is -1.11. The van der Waals surface area contributed by atoms with Gasteiger partial charge in [-0.1, -0.05) is 41.6 Å². The maximum atomic E-state index is 12.7. The maximum absolute atomic E-state index is 12.7. The Morgan fingerprint density at radius 1 is 0.974 bits per heavy atom. The molecular weight excluding hydrogens is 486 g/mol. The fourth-order valence-electron chi connectivity index (χ4n) is 4.68. The third-order valence-corrected chi connectivity index (χ3v) is 6.87. The van der Waals surface area contributed by atoms with E-state index in [0.29, 0.717) is 30.5 Å². The number of fused-ring (bicyclic) bond motifs is 2. The number of carbonyl (C=O) groups is 1. The molecule has 0 spiro atoms. The van der Waals surface area contributed by atoms with Gasteiger partial charge < -0.3 is 19.7 Å². The Bertz CT molecular complexity index is 1520. The van der Waals surface area contributed by atoms with Crippen LogP contribution in [0.15, 0.2) is 65.5 Å². The number of hydrogen-bond acceptors (Lipinski definition) is 7. The first-order chi connectivity index (χ1) is 18.4. The fraction of sp³-hybridized carbons (Fsp3) is 0.310. The molecule has 9 nitrogen and oxygen atoms in total. The lowest BCUT2D eigenvalue weighted by Crippen LogP contribution is -2.32. The van der Waals surface area contributed by atoms with Gasteiger partial charge in [0, 0.05) is 6.54 Å². The molecule has 2 N–H and O–H groups in total. The van der Waals surface area contributed by atoms with Crippen LogP contribution in [-0.4, -0.2) is 50.5 Å². The minimum Gasteiger partial charge on any atom is -0.486 e. The van der Waals surface area contributed by atoms with Crippen molar-refractivity contribution < 1.29 is 24.5 Å². The summed E-state index contributed by atoms with van der Waals surface area (Å²) >= 11 is 0. The molecule has 3 aromatic carbocycles. The Kier molecular flexibility index (Phi) is 7.37. The third kappa shape index (κ3) is 5.52. The van der Waals surface area contributed by atoms with E-state index in [9.17, 15) is 19.8 Å². The molecule has 0 amide bonds. The molecule has 1 aliphatic heterocycles. The number of carboxylic acid groups (broad SMARTS) is 1. The standard InChI is InChI=1S/C29H29N3O6/c1-18-2-9-22-24(16-18)30-31-32(28(22)34)13-12-23(29(35)36)25(33)10-5-19-3-6-20(7-4-19)21-8-11-26-27(17-21)38-15-14-37-26/h2-4,6-9,11,16-17,23,25,33H,5,10,12-15H2,1H3,(H,35,36)/t23-,25+/m0/s1. The number of nitrogens with zero attached hydrogens (tertiary/aromatic N) is 3. The second kappa shape index (κ2) is 11.0. The summed E-state index contributed by atoms with van der Waals surface area (Å²) in [5.74, 6) is -0.669. The van der Waals surface area contributed by atoms with E-state index in [2.05, 4.69) is 10.3 Å². The molecule has 196 valence electrons. The number of aromatic nitrogens is 3. The van der Waals surface area contributed by atoms with E-state index in [0.717, 1.165) is 38.4 Å². The number of aliphatic carboxylic acids is 1. The second-order valence-electron chi connectivity index (χ2n) is 9.53. The molecule has 2 atom stereocenters. The summed E-state index contributed by atoms with van der Waals surface area (Å²) in [6.45, 7) is 3.03. The van der Waals surface area contributed by atoms with Crippen LogP contribution in [0.25, 0.3) is 22.0 Å². The topological polar surface area (TPSA) is 124 Å². The molecule has 0 unspecified atom stereocenters. The molecule has 0 saturated carbocycles. The van der Waals surface area contributed by atoms with Crippen LogP contribution in [-0.2, 0) is 17.8 Å². The quantitative estimate of drug-likeness (QED) is 0.346. The summed E-state index contributed by atoms with van der Waals surface area (Å²) in [6, 6.07) is 19.1. The van der Waals surface area contributed by atoms with E-state index in [1.54, 1.807) is 12.1 Å². The predicted octanol–water partition coefficient (Wildman–Crippen LogP) is 3.62. The lowest BCUT2D eigenvalue weighted by molar-refractivity contribution is -0.146. The van der Waals surface area contributed by atoms with E-state index >= 15 is 0 Å². The van der Waals surface area contributed by atoms with Crippen molar-refractivity contribution >= 4 is 16.9 Å². The van der Waals surface area contributed by atoms with E-state index < -0.39 is 18.0 Å². The molecule has 4 aromatic rings. The van der Waals surface area contributed by atoms with Gasteiger partial charge in [-0.3, -0.25) is 9.59 Å². The Morgan fingerprint density at radius 2 is 1.71 bits per heavy atom. The maximum Gasteiger partial charge on any atom is 0.309 e. The number of aryl methyl sites for hydroxylation is 3. The highest BCUT2D eigenvalue weighted by atomic mass is 16.6. The number of rotatable bonds is 9. The Labute approximate surface area is 219 Å². The highest BCUT2D eigenvalue weighted by molar-refractivity contribution is 5.77. The summed E-state index contributed by atoms with van der Waals surface area (Å²) in [5, 5.41) is 28.9. The van der Waals surface area contributed by atoms with Gasteiger partial charge in [0.1, 0.15) is 18.7 Å². The van der Waals surface area contributed by atoms with Crippen molar-refractivity contribution in [3.05, 3.63) is 82.1 Å². The summed E-state index contributed by atoms with van der Waals surface area (Å²) in [7, 11) is 0. The number of ether oxygens (including phenoxy) is 2. The van der Waals surface area contributed by atoms with Crippen molar-refractivity contribution in [3.8, 4) is 22.6 Å². The van der Waals surface area contributed by atoms with Crippen LogP contribution in [0.4, 0.5) is 0 Å². The van der Waals surface area contributed by atoms with E-state index in [-0.39, 0.29) is 24.9 Å². The zero-order valence-corrected chi connectivity index (χ0v) is 21.0. The normalized spacial score (nSPS) is 14.3. The molecular formula is C29H29N3O6. The molecule has 1 aliphatic rings. The summed E-state index contributed by atoms with van der Waals surface area (Å²) < 4.78 is 12.4. The van der Waals surface area contributed by atoms with Gasteiger partial charge in [0.05, 0.1) is 17.4 Å². The van der Waals surface area contributed by atoms with Gasteiger partial charge in [0.25, 0.3) is 5.56 Å². The molecule has 2 heterocycles. The van der Waals surface area contributed by atoms with Crippen LogP contribution in [0.3, 0.4) is 0 Å². The lowest BCUT2D eigenvalue weighted by Gasteiger charge is -2.19.